The van der Waals surface area contributed by atoms with Crippen molar-refractivity contribution in [1.29, 1.82) is 0 Å². The molecule has 1 atom stereocenters. The van der Waals surface area contributed by atoms with Gasteiger partial charge in [-0.3, -0.25) is 0 Å². The maximum absolute atomic E-state index is 11.8. The van der Waals surface area contributed by atoms with Crippen LogP contribution in [-0.4, -0.2) is 15.5 Å². The highest BCUT2D eigenvalue weighted by molar-refractivity contribution is 7.89. The molecule has 4 nitrogen and oxygen atoms in total. The molecule has 1 unspecified atom stereocenters. The van der Waals surface area contributed by atoms with Crippen molar-refractivity contribution in [2.45, 2.75) is 24.4 Å². The van der Waals surface area contributed by atoms with Crippen LogP contribution in [0.4, 0.5) is 0 Å². The van der Waals surface area contributed by atoms with Gasteiger partial charge in [0.1, 0.15) is 0 Å². The van der Waals surface area contributed by atoms with Gasteiger partial charge in [0.25, 0.3) is 0 Å². The summed E-state index contributed by atoms with van der Waals surface area (Å²) >= 11 is 0. The first-order chi connectivity index (χ1) is 10.0. The first kappa shape index (κ1) is 15.7. The van der Waals surface area contributed by atoms with Gasteiger partial charge in [-0.1, -0.05) is 42.5 Å². The molecule has 0 bridgehead atoms. The molecule has 0 aromatic heterocycles. The SMILES string of the molecule is CNS(=O)(=O)c1cccc(C(C)NCc2ccccc2)c1. The van der Waals surface area contributed by atoms with Crippen LogP contribution >= 0.6 is 0 Å². The first-order valence-corrected chi connectivity index (χ1v) is 8.32. The predicted molar refractivity (Wildman–Crippen MR) is 84.4 cm³/mol. The number of sulfonamides is 1. The Morgan fingerprint density at radius 2 is 1.76 bits per heavy atom. The van der Waals surface area contributed by atoms with E-state index in [1.165, 1.54) is 12.6 Å². The Morgan fingerprint density at radius 1 is 1.05 bits per heavy atom. The minimum absolute atomic E-state index is 0.0669. The third kappa shape index (κ3) is 4.14. The normalized spacial score (nSPS) is 13.0. The van der Waals surface area contributed by atoms with Gasteiger partial charge in [0.2, 0.25) is 10.0 Å². The molecule has 0 aliphatic heterocycles. The fraction of sp³-hybridized carbons (Fsp3) is 0.250. The third-order valence-electron chi connectivity index (χ3n) is 3.39. The van der Waals surface area contributed by atoms with E-state index in [0.29, 0.717) is 0 Å². The summed E-state index contributed by atoms with van der Waals surface area (Å²) in [5.74, 6) is 0. The van der Waals surface area contributed by atoms with Gasteiger partial charge in [-0.15, -0.1) is 0 Å². The first-order valence-electron chi connectivity index (χ1n) is 6.84. The van der Waals surface area contributed by atoms with E-state index in [4.69, 9.17) is 0 Å². The van der Waals surface area contributed by atoms with Crippen molar-refractivity contribution in [3.05, 3.63) is 65.7 Å². The highest BCUT2D eigenvalue weighted by Gasteiger charge is 2.13. The zero-order valence-corrected chi connectivity index (χ0v) is 13.0. The lowest BCUT2D eigenvalue weighted by atomic mass is 10.1. The van der Waals surface area contributed by atoms with Crippen LogP contribution in [0, 0.1) is 0 Å². The van der Waals surface area contributed by atoms with Crippen LogP contribution in [0.5, 0.6) is 0 Å². The molecule has 2 N–H and O–H groups in total. The fourth-order valence-electron chi connectivity index (χ4n) is 2.05. The van der Waals surface area contributed by atoms with Crippen LogP contribution < -0.4 is 10.0 Å². The molecular formula is C16H20N2O2S. The van der Waals surface area contributed by atoms with Gasteiger partial charge in [-0.2, -0.15) is 0 Å². The minimum atomic E-state index is -3.40. The molecule has 5 heteroatoms. The van der Waals surface area contributed by atoms with E-state index in [9.17, 15) is 8.42 Å². The van der Waals surface area contributed by atoms with Gasteiger partial charge in [0.15, 0.2) is 0 Å². The summed E-state index contributed by atoms with van der Waals surface area (Å²) in [5, 5.41) is 3.40. The standard InChI is InChI=1S/C16H20N2O2S/c1-13(18-12-14-7-4-3-5-8-14)15-9-6-10-16(11-15)21(19,20)17-2/h3-11,13,17-18H,12H2,1-2H3. The summed E-state index contributed by atoms with van der Waals surface area (Å²) in [6, 6.07) is 17.2. The maximum atomic E-state index is 11.8. The largest absolute Gasteiger partial charge is 0.306 e. The number of benzene rings is 2. The summed E-state index contributed by atoms with van der Waals surface area (Å²) in [7, 11) is -1.98. The predicted octanol–water partition coefficient (Wildman–Crippen LogP) is 2.45. The molecule has 2 aromatic carbocycles. The van der Waals surface area contributed by atoms with E-state index in [1.807, 2.05) is 31.2 Å². The molecule has 0 fully saturated rings. The molecule has 2 rings (SSSR count). The van der Waals surface area contributed by atoms with E-state index in [0.717, 1.165) is 12.1 Å². The van der Waals surface area contributed by atoms with E-state index >= 15 is 0 Å². The van der Waals surface area contributed by atoms with E-state index in [-0.39, 0.29) is 10.9 Å². The second-order valence-corrected chi connectivity index (χ2v) is 6.75. The van der Waals surface area contributed by atoms with Gasteiger partial charge in [-0.05, 0) is 37.2 Å². The van der Waals surface area contributed by atoms with Crippen molar-refractivity contribution in [2.75, 3.05) is 7.05 Å². The molecule has 0 amide bonds. The van der Waals surface area contributed by atoms with Crippen LogP contribution in [-0.2, 0) is 16.6 Å². The van der Waals surface area contributed by atoms with Gasteiger partial charge in [0, 0.05) is 12.6 Å². The average molecular weight is 304 g/mol. The van der Waals surface area contributed by atoms with Crippen molar-refractivity contribution < 1.29 is 8.42 Å². The number of nitrogens with one attached hydrogen (secondary N) is 2. The van der Waals surface area contributed by atoms with Gasteiger partial charge in [0.05, 0.1) is 4.90 Å². The molecule has 0 aliphatic carbocycles. The molecule has 0 radical (unpaired) electrons. The highest BCUT2D eigenvalue weighted by atomic mass is 32.2. The third-order valence-corrected chi connectivity index (χ3v) is 4.80. The van der Waals surface area contributed by atoms with Crippen molar-refractivity contribution in [1.82, 2.24) is 10.0 Å². The molecule has 112 valence electrons. The van der Waals surface area contributed by atoms with Crippen molar-refractivity contribution in [2.24, 2.45) is 0 Å². The quantitative estimate of drug-likeness (QED) is 0.862. The van der Waals surface area contributed by atoms with Crippen LogP contribution in [0.3, 0.4) is 0 Å². The van der Waals surface area contributed by atoms with Crippen LogP contribution in [0.1, 0.15) is 24.1 Å². The summed E-state index contributed by atoms with van der Waals surface area (Å²) in [6.45, 7) is 2.76. The smallest absolute Gasteiger partial charge is 0.240 e. The Hall–Kier alpha value is -1.69. The lowest BCUT2D eigenvalue weighted by molar-refractivity contribution is 0.571. The summed E-state index contributed by atoms with van der Waals surface area (Å²) in [4.78, 5) is 0.288. The molecule has 21 heavy (non-hydrogen) atoms. The van der Waals surface area contributed by atoms with E-state index < -0.39 is 10.0 Å². The summed E-state index contributed by atoms with van der Waals surface area (Å²) in [6.07, 6.45) is 0. The number of hydrogen-bond acceptors (Lipinski definition) is 3. The monoisotopic (exact) mass is 304 g/mol. The molecule has 0 heterocycles. The lowest BCUT2D eigenvalue weighted by Crippen LogP contribution is -2.21. The van der Waals surface area contributed by atoms with E-state index in [1.54, 1.807) is 18.2 Å². The Bertz CT molecular complexity index is 684. The molecule has 0 saturated carbocycles. The second kappa shape index (κ2) is 6.85. The molecule has 0 spiro atoms. The van der Waals surface area contributed by atoms with Crippen molar-refractivity contribution in [3.8, 4) is 0 Å². The molecule has 0 aliphatic rings. The van der Waals surface area contributed by atoms with Gasteiger partial charge < -0.3 is 5.32 Å². The van der Waals surface area contributed by atoms with Crippen molar-refractivity contribution >= 4 is 10.0 Å². The zero-order chi connectivity index (χ0) is 15.3. The molecular weight excluding hydrogens is 284 g/mol. The minimum Gasteiger partial charge on any atom is -0.306 e. The van der Waals surface area contributed by atoms with Gasteiger partial charge in [-0.25, -0.2) is 13.1 Å². The van der Waals surface area contributed by atoms with Crippen LogP contribution in [0.15, 0.2) is 59.5 Å². The Labute approximate surface area is 126 Å². The second-order valence-electron chi connectivity index (χ2n) is 4.87. The number of hydrogen-bond donors (Lipinski definition) is 2. The van der Waals surface area contributed by atoms with Crippen molar-refractivity contribution in [3.63, 3.8) is 0 Å². The zero-order valence-electron chi connectivity index (χ0n) is 12.2. The Balaban J connectivity index is 2.09. The highest BCUT2D eigenvalue weighted by Crippen LogP contribution is 2.17. The van der Waals surface area contributed by atoms with Crippen LogP contribution in [0.25, 0.3) is 0 Å². The molecule has 2 aromatic rings. The lowest BCUT2D eigenvalue weighted by Gasteiger charge is -2.15. The Kier molecular flexibility index (Phi) is 5.12. The Morgan fingerprint density at radius 3 is 2.43 bits per heavy atom. The molecule has 0 saturated heterocycles. The van der Waals surface area contributed by atoms with Crippen LogP contribution in [0.2, 0.25) is 0 Å². The number of rotatable bonds is 6. The summed E-state index contributed by atoms with van der Waals surface area (Å²) < 4.78 is 26.0. The van der Waals surface area contributed by atoms with E-state index in [2.05, 4.69) is 22.2 Å². The average Bonchev–Trinajstić information content (AvgIpc) is 2.53. The fourth-order valence-corrected chi connectivity index (χ4v) is 2.84. The maximum Gasteiger partial charge on any atom is 0.240 e. The summed E-state index contributed by atoms with van der Waals surface area (Å²) in [5.41, 5.74) is 2.14. The topological polar surface area (TPSA) is 58.2 Å². The van der Waals surface area contributed by atoms with Gasteiger partial charge >= 0.3 is 0 Å².